The minimum Gasteiger partial charge on any atom is -0.330 e. The van der Waals surface area contributed by atoms with E-state index in [0.29, 0.717) is 31.0 Å². The summed E-state index contributed by atoms with van der Waals surface area (Å²) in [5, 5.41) is 0. The lowest BCUT2D eigenvalue weighted by Gasteiger charge is -2.40. The quantitative estimate of drug-likeness (QED) is 0.860. The maximum atomic E-state index is 12.8. The summed E-state index contributed by atoms with van der Waals surface area (Å²) in [7, 11) is -1.55. The fourth-order valence-corrected chi connectivity index (χ4v) is 5.12. The van der Waals surface area contributed by atoms with Gasteiger partial charge < -0.3 is 5.73 Å². The summed E-state index contributed by atoms with van der Waals surface area (Å²) in [5.41, 5.74) is 6.04. The molecular formula is C15H31N3O2S. The van der Waals surface area contributed by atoms with Crippen LogP contribution >= 0.6 is 0 Å². The Hall–Kier alpha value is -0.170. The molecule has 2 aliphatic rings. The number of nitrogens with zero attached hydrogens (tertiary/aromatic N) is 2. The van der Waals surface area contributed by atoms with Gasteiger partial charge in [-0.15, -0.1) is 0 Å². The van der Waals surface area contributed by atoms with Gasteiger partial charge in [0.2, 0.25) is 0 Å². The van der Waals surface area contributed by atoms with Gasteiger partial charge in [0.15, 0.2) is 0 Å². The van der Waals surface area contributed by atoms with Crippen LogP contribution in [-0.4, -0.2) is 49.8 Å². The SMILES string of the molecule is CN(C1CCC(C)(C)CC1)S(=O)(=O)N1CCC(CN)CC1. The third-order valence-corrected chi connectivity index (χ3v) is 7.46. The van der Waals surface area contributed by atoms with Gasteiger partial charge in [-0.3, -0.25) is 0 Å². The van der Waals surface area contributed by atoms with Gasteiger partial charge in [0, 0.05) is 26.2 Å². The third-order valence-electron chi connectivity index (χ3n) is 5.42. The molecule has 0 bridgehead atoms. The first-order valence-corrected chi connectivity index (χ1v) is 9.59. The predicted octanol–water partition coefficient (Wildman–Crippen LogP) is 1.80. The van der Waals surface area contributed by atoms with Gasteiger partial charge in [-0.25, -0.2) is 0 Å². The molecule has 2 N–H and O–H groups in total. The third kappa shape index (κ3) is 3.97. The highest BCUT2D eigenvalue weighted by molar-refractivity contribution is 7.86. The zero-order valence-corrected chi connectivity index (χ0v) is 14.5. The van der Waals surface area contributed by atoms with Crippen molar-refractivity contribution >= 4 is 10.2 Å². The molecule has 0 aromatic carbocycles. The molecule has 0 aromatic rings. The van der Waals surface area contributed by atoms with Crippen molar-refractivity contribution in [2.45, 2.75) is 58.4 Å². The molecule has 1 heterocycles. The average molecular weight is 317 g/mol. The molecule has 2 rings (SSSR count). The Morgan fingerprint density at radius 1 is 1.14 bits per heavy atom. The molecule has 0 radical (unpaired) electrons. The standard InChI is InChI=1S/C15H31N3O2S/c1-15(2)8-4-14(5-9-15)17(3)21(19,20)18-10-6-13(12-16)7-11-18/h13-14H,4-12,16H2,1-3H3. The van der Waals surface area contributed by atoms with E-state index in [9.17, 15) is 8.42 Å². The smallest absolute Gasteiger partial charge is 0.281 e. The van der Waals surface area contributed by atoms with Gasteiger partial charge >= 0.3 is 0 Å². The van der Waals surface area contributed by atoms with E-state index in [1.54, 1.807) is 15.7 Å². The molecule has 1 saturated carbocycles. The molecule has 0 amide bonds. The molecule has 0 atom stereocenters. The first-order chi connectivity index (χ1) is 9.76. The largest absolute Gasteiger partial charge is 0.330 e. The molecular weight excluding hydrogens is 286 g/mol. The molecule has 5 nitrogen and oxygen atoms in total. The second kappa shape index (κ2) is 6.52. The lowest BCUT2D eigenvalue weighted by Crippen LogP contribution is -2.50. The van der Waals surface area contributed by atoms with E-state index in [1.807, 2.05) is 0 Å². The second-order valence-electron chi connectivity index (χ2n) is 7.50. The minimum absolute atomic E-state index is 0.162. The fraction of sp³-hybridized carbons (Fsp3) is 1.00. The first-order valence-electron chi connectivity index (χ1n) is 8.19. The van der Waals surface area contributed by atoms with E-state index in [-0.39, 0.29) is 6.04 Å². The number of hydrogen-bond donors (Lipinski definition) is 1. The summed E-state index contributed by atoms with van der Waals surface area (Å²) >= 11 is 0. The Morgan fingerprint density at radius 2 is 1.67 bits per heavy atom. The molecule has 21 heavy (non-hydrogen) atoms. The predicted molar refractivity (Wildman–Crippen MR) is 86.1 cm³/mol. The van der Waals surface area contributed by atoms with Gasteiger partial charge in [-0.1, -0.05) is 13.8 Å². The molecule has 1 aliphatic carbocycles. The van der Waals surface area contributed by atoms with Crippen LogP contribution in [0.1, 0.15) is 52.4 Å². The summed E-state index contributed by atoms with van der Waals surface area (Å²) in [5.74, 6) is 0.484. The summed E-state index contributed by atoms with van der Waals surface area (Å²) in [6.45, 7) is 6.45. The normalized spacial score (nSPS) is 26.3. The van der Waals surface area contributed by atoms with Crippen LogP contribution in [0.25, 0.3) is 0 Å². The summed E-state index contributed by atoms with van der Waals surface area (Å²) < 4.78 is 28.8. The van der Waals surface area contributed by atoms with Crippen molar-refractivity contribution in [2.24, 2.45) is 17.1 Å². The van der Waals surface area contributed by atoms with Crippen LogP contribution in [0.2, 0.25) is 0 Å². The highest BCUT2D eigenvalue weighted by Crippen LogP contribution is 2.37. The van der Waals surface area contributed by atoms with E-state index in [2.05, 4.69) is 13.8 Å². The van der Waals surface area contributed by atoms with Gasteiger partial charge in [0.05, 0.1) is 0 Å². The summed E-state index contributed by atoms with van der Waals surface area (Å²) in [6.07, 6.45) is 5.94. The van der Waals surface area contributed by atoms with Crippen LogP contribution in [0.15, 0.2) is 0 Å². The van der Waals surface area contributed by atoms with E-state index < -0.39 is 10.2 Å². The Kier molecular flexibility index (Phi) is 5.34. The average Bonchev–Trinajstić information content (AvgIpc) is 2.46. The van der Waals surface area contributed by atoms with Gasteiger partial charge in [0.25, 0.3) is 10.2 Å². The zero-order chi connectivity index (χ0) is 15.7. The molecule has 124 valence electrons. The van der Waals surface area contributed by atoms with Crippen molar-refractivity contribution in [3.05, 3.63) is 0 Å². The molecule has 0 aromatic heterocycles. The van der Waals surface area contributed by atoms with E-state index in [1.165, 1.54) is 0 Å². The molecule has 1 saturated heterocycles. The topological polar surface area (TPSA) is 66.6 Å². The van der Waals surface area contributed by atoms with Crippen molar-refractivity contribution < 1.29 is 8.42 Å². The fourth-order valence-electron chi connectivity index (χ4n) is 3.49. The zero-order valence-electron chi connectivity index (χ0n) is 13.7. The Labute approximate surface area is 130 Å². The van der Waals surface area contributed by atoms with Crippen LogP contribution in [-0.2, 0) is 10.2 Å². The molecule has 6 heteroatoms. The van der Waals surface area contributed by atoms with E-state index >= 15 is 0 Å². The highest BCUT2D eigenvalue weighted by atomic mass is 32.2. The number of rotatable bonds is 4. The maximum absolute atomic E-state index is 12.8. The van der Waals surface area contributed by atoms with Crippen LogP contribution in [0.4, 0.5) is 0 Å². The molecule has 0 spiro atoms. The summed E-state index contributed by atoms with van der Waals surface area (Å²) in [4.78, 5) is 0. The van der Waals surface area contributed by atoms with Crippen LogP contribution in [0.3, 0.4) is 0 Å². The van der Waals surface area contributed by atoms with Gasteiger partial charge in [-0.05, 0) is 56.4 Å². The van der Waals surface area contributed by atoms with E-state index in [4.69, 9.17) is 5.73 Å². The van der Waals surface area contributed by atoms with Crippen LogP contribution in [0.5, 0.6) is 0 Å². The Balaban J connectivity index is 1.96. The number of nitrogens with two attached hydrogens (primary N) is 1. The van der Waals surface area contributed by atoms with Crippen molar-refractivity contribution in [1.82, 2.24) is 8.61 Å². The monoisotopic (exact) mass is 317 g/mol. The van der Waals surface area contributed by atoms with Gasteiger partial charge in [-0.2, -0.15) is 17.0 Å². The lowest BCUT2D eigenvalue weighted by molar-refractivity contribution is 0.165. The number of piperidine rings is 1. The Morgan fingerprint density at radius 3 is 2.14 bits per heavy atom. The molecule has 1 aliphatic heterocycles. The minimum atomic E-state index is -3.30. The Bertz CT molecular complexity index is 432. The van der Waals surface area contributed by atoms with Crippen molar-refractivity contribution in [1.29, 1.82) is 0 Å². The summed E-state index contributed by atoms with van der Waals surface area (Å²) in [6, 6.07) is 0.162. The van der Waals surface area contributed by atoms with Crippen molar-refractivity contribution in [3.8, 4) is 0 Å². The lowest BCUT2D eigenvalue weighted by atomic mass is 9.76. The van der Waals surface area contributed by atoms with Crippen LogP contribution < -0.4 is 5.73 Å². The van der Waals surface area contributed by atoms with E-state index in [0.717, 1.165) is 38.5 Å². The van der Waals surface area contributed by atoms with Gasteiger partial charge in [0.1, 0.15) is 0 Å². The van der Waals surface area contributed by atoms with Crippen LogP contribution in [0, 0.1) is 11.3 Å². The molecule has 2 fully saturated rings. The second-order valence-corrected chi connectivity index (χ2v) is 9.49. The first kappa shape index (κ1) is 17.2. The number of hydrogen-bond acceptors (Lipinski definition) is 3. The maximum Gasteiger partial charge on any atom is 0.281 e. The van der Waals surface area contributed by atoms with Crippen molar-refractivity contribution in [2.75, 3.05) is 26.7 Å². The highest BCUT2D eigenvalue weighted by Gasteiger charge is 2.37. The molecule has 0 unspecified atom stereocenters. The van der Waals surface area contributed by atoms with Crippen molar-refractivity contribution in [3.63, 3.8) is 0 Å².